The van der Waals surface area contributed by atoms with E-state index in [2.05, 4.69) is 0 Å². The highest BCUT2D eigenvalue weighted by atomic mass is 35.5. The number of nitrogens with zero attached hydrogens (tertiary/aromatic N) is 1. The Bertz CT molecular complexity index is 684. The quantitative estimate of drug-likeness (QED) is 0.921. The molecule has 1 heterocycles. The van der Waals surface area contributed by atoms with Crippen LogP contribution in [-0.2, 0) is 11.3 Å². The van der Waals surface area contributed by atoms with E-state index in [1.165, 1.54) is 0 Å². The molecular weight excluding hydrogens is 272 g/mol. The molecule has 3 rings (SSSR count). The minimum atomic E-state index is -0.576. The van der Waals surface area contributed by atoms with Crippen molar-refractivity contribution < 1.29 is 4.79 Å². The van der Waals surface area contributed by atoms with Crippen LogP contribution in [0.2, 0.25) is 5.02 Å². The fraction of sp³-hybridized carbons (Fsp3) is 0.188. The van der Waals surface area contributed by atoms with Crippen LogP contribution in [0.5, 0.6) is 0 Å². The highest BCUT2D eigenvalue weighted by Gasteiger charge is 2.34. The van der Waals surface area contributed by atoms with Crippen molar-refractivity contribution in [2.75, 3.05) is 4.90 Å². The normalized spacial score (nSPS) is 17.4. The summed E-state index contributed by atoms with van der Waals surface area (Å²) >= 11 is 6.17. The zero-order valence-electron chi connectivity index (χ0n) is 11.1. The van der Waals surface area contributed by atoms with Gasteiger partial charge >= 0.3 is 0 Å². The van der Waals surface area contributed by atoms with Gasteiger partial charge in [0.05, 0.1) is 6.54 Å². The Balaban J connectivity index is 2.00. The Morgan fingerprint density at radius 3 is 2.75 bits per heavy atom. The number of rotatable bonds is 2. The molecule has 0 saturated heterocycles. The Hall–Kier alpha value is -1.84. The number of halogens is 1. The highest BCUT2D eigenvalue weighted by Crippen LogP contribution is 2.36. The third kappa shape index (κ3) is 2.09. The minimum Gasteiger partial charge on any atom is -0.316 e. The van der Waals surface area contributed by atoms with E-state index < -0.39 is 6.04 Å². The van der Waals surface area contributed by atoms with Crippen LogP contribution >= 0.6 is 11.6 Å². The molecule has 1 atom stereocenters. The van der Waals surface area contributed by atoms with Gasteiger partial charge in [0.15, 0.2) is 0 Å². The van der Waals surface area contributed by atoms with E-state index in [4.69, 9.17) is 17.3 Å². The predicted molar refractivity (Wildman–Crippen MR) is 80.7 cm³/mol. The van der Waals surface area contributed by atoms with Crippen LogP contribution in [0.3, 0.4) is 0 Å². The molecule has 20 heavy (non-hydrogen) atoms. The van der Waals surface area contributed by atoms with Crippen LogP contribution in [0.25, 0.3) is 0 Å². The lowest BCUT2D eigenvalue weighted by molar-refractivity contribution is -0.119. The van der Waals surface area contributed by atoms with Gasteiger partial charge in [0, 0.05) is 16.3 Å². The summed E-state index contributed by atoms with van der Waals surface area (Å²) in [5.41, 5.74) is 9.81. The van der Waals surface area contributed by atoms with Gasteiger partial charge in [-0.05, 0) is 24.6 Å². The maximum atomic E-state index is 12.3. The Morgan fingerprint density at radius 1 is 1.25 bits per heavy atom. The first-order chi connectivity index (χ1) is 9.58. The number of fused-ring (bicyclic) bond motifs is 1. The molecular formula is C16H15ClN2O. The summed E-state index contributed by atoms with van der Waals surface area (Å²) in [6.45, 7) is 2.44. The zero-order chi connectivity index (χ0) is 14.3. The van der Waals surface area contributed by atoms with E-state index in [0.29, 0.717) is 11.6 Å². The first-order valence-corrected chi connectivity index (χ1v) is 6.86. The molecule has 1 aliphatic rings. The molecule has 0 bridgehead atoms. The molecule has 0 aliphatic carbocycles. The van der Waals surface area contributed by atoms with Gasteiger partial charge in [-0.2, -0.15) is 0 Å². The largest absolute Gasteiger partial charge is 0.316 e. The lowest BCUT2D eigenvalue weighted by Gasteiger charge is -2.18. The van der Waals surface area contributed by atoms with E-state index in [1.54, 1.807) is 4.90 Å². The van der Waals surface area contributed by atoms with Crippen LogP contribution in [-0.4, -0.2) is 5.91 Å². The fourth-order valence-electron chi connectivity index (χ4n) is 2.55. The Labute approximate surface area is 123 Å². The number of hydrogen-bond donors (Lipinski definition) is 1. The maximum absolute atomic E-state index is 12.3. The highest BCUT2D eigenvalue weighted by molar-refractivity contribution is 6.31. The lowest BCUT2D eigenvalue weighted by Crippen LogP contribution is -2.31. The molecule has 2 N–H and O–H groups in total. The summed E-state index contributed by atoms with van der Waals surface area (Å²) in [6, 6.07) is 12.9. The Morgan fingerprint density at radius 2 is 2.00 bits per heavy atom. The summed E-state index contributed by atoms with van der Waals surface area (Å²) in [5.74, 6) is -0.0782. The zero-order valence-corrected chi connectivity index (χ0v) is 11.9. The number of carbonyl (C=O) groups excluding carboxylic acids is 1. The maximum Gasteiger partial charge on any atom is 0.248 e. The van der Waals surface area contributed by atoms with Crippen LogP contribution in [0.1, 0.15) is 22.7 Å². The first-order valence-electron chi connectivity index (χ1n) is 6.49. The summed E-state index contributed by atoms with van der Waals surface area (Å²) in [7, 11) is 0. The van der Waals surface area contributed by atoms with E-state index in [9.17, 15) is 4.79 Å². The molecule has 0 unspecified atom stereocenters. The standard InChI is InChI=1S/C16H15ClN2O/c1-10-6-7-14-12(8-10)15(18)16(20)19(14)9-11-4-2-3-5-13(11)17/h2-8,15H,9,18H2,1H3/t15-/m0/s1. The summed E-state index contributed by atoms with van der Waals surface area (Å²) in [6.07, 6.45) is 0. The van der Waals surface area contributed by atoms with Crippen molar-refractivity contribution in [2.24, 2.45) is 5.73 Å². The van der Waals surface area contributed by atoms with E-state index in [0.717, 1.165) is 22.4 Å². The molecule has 1 aliphatic heterocycles. The van der Waals surface area contributed by atoms with Crippen molar-refractivity contribution in [1.82, 2.24) is 0 Å². The van der Waals surface area contributed by atoms with Crippen LogP contribution in [0, 0.1) is 6.92 Å². The molecule has 102 valence electrons. The van der Waals surface area contributed by atoms with Gasteiger partial charge in [-0.15, -0.1) is 0 Å². The molecule has 0 radical (unpaired) electrons. The van der Waals surface area contributed by atoms with E-state index >= 15 is 0 Å². The first kappa shape index (κ1) is 13.2. The lowest BCUT2D eigenvalue weighted by atomic mass is 10.1. The number of nitrogens with two attached hydrogens (primary N) is 1. The molecule has 3 nitrogen and oxygen atoms in total. The van der Waals surface area contributed by atoms with Crippen LogP contribution < -0.4 is 10.6 Å². The molecule has 0 saturated carbocycles. The SMILES string of the molecule is Cc1ccc2c(c1)[C@H](N)C(=O)N2Cc1ccccc1Cl. The minimum absolute atomic E-state index is 0.0782. The van der Waals surface area contributed by atoms with Gasteiger partial charge in [0.1, 0.15) is 6.04 Å². The van der Waals surface area contributed by atoms with Gasteiger partial charge in [0.25, 0.3) is 0 Å². The van der Waals surface area contributed by atoms with Crippen molar-refractivity contribution in [1.29, 1.82) is 0 Å². The van der Waals surface area contributed by atoms with Crippen molar-refractivity contribution in [3.8, 4) is 0 Å². The number of amides is 1. The summed E-state index contributed by atoms with van der Waals surface area (Å²) < 4.78 is 0. The molecule has 2 aromatic rings. The van der Waals surface area contributed by atoms with E-state index in [1.807, 2.05) is 49.4 Å². The smallest absolute Gasteiger partial charge is 0.248 e. The second-order valence-corrected chi connectivity index (χ2v) is 5.46. The van der Waals surface area contributed by atoms with E-state index in [-0.39, 0.29) is 5.91 Å². The number of carbonyl (C=O) groups is 1. The predicted octanol–water partition coefficient (Wildman–Crippen LogP) is 3.20. The molecule has 4 heteroatoms. The van der Waals surface area contributed by atoms with Crippen LogP contribution in [0.15, 0.2) is 42.5 Å². The number of aryl methyl sites for hydroxylation is 1. The molecule has 0 spiro atoms. The van der Waals surface area contributed by atoms with Crippen molar-refractivity contribution in [3.63, 3.8) is 0 Å². The Kier molecular flexibility index (Phi) is 3.24. The van der Waals surface area contributed by atoms with Gasteiger partial charge in [0.2, 0.25) is 5.91 Å². The van der Waals surface area contributed by atoms with Gasteiger partial charge < -0.3 is 10.6 Å². The monoisotopic (exact) mass is 286 g/mol. The molecule has 1 amide bonds. The van der Waals surface area contributed by atoms with Gasteiger partial charge in [-0.1, -0.05) is 47.5 Å². The average Bonchev–Trinajstić information content (AvgIpc) is 2.66. The third-order valence-corrected chi connectivity index (χ3v) is 4.00. The van der Waals surface area contributed by atoms with Crippen molar-refractivity contribution >= 4 is 23.2 Å². The van der Waals surface area contributed by atoms with Crippen LogP contribution in [0.4, 0.5) is 5.69 Å². The number of hydrogen-bond acceptors (Lipinski definition) is 2. The molecule has 2 aromatic carbocycles. The van der Waals surface area contributed by atoms with Crippen molar-refractivity contribution in [3.05, 3.63) is 64.2 Å². The average molecular weight is 287 g/mol. The second-order valence-electron chi connectivity index (χ2n) is 5.06. The second kappa shape index (κ2) is 4.93. The van der Waals surface area contributed by atoms with Crippen molar-refractivity contribution in [2.45, 2.75) is 19.5 Å². The topological polar surface area (TPSA) is 46.3 Å². The summed E-state index contributed by atoms with van der Waals surface area (Å²) in [4.78, 5) is 14.1. The van der Waals surface area contributed by atoms with Gasteiger partial charge in [-0.25, -0.2) is 0 Å². The van der Waals surface area contributed by atoms with Gasteiger partial charge in [-0.3, -0.25) is 4.79 Å². The molecule has 0 aromatic heterocycles. The third-order valence-electron chi connectivity index (χ3n) is 3.63. The number of anilines is 1. The fourth-order valence-corrected chi connectivity index (χ4v) is 2.74. The number of benzene rings is 2. The summed E-state index contributed by atoms with van der Waals surface area (Å²) in [5, 5.41) is 0.662. The molecule has 0 fully saturated rings.